The van der Waals surface area contributed by atoms with E-state index in [9.17, 15) is 15.0 Å². The molecular weight excluding hydrogens is 352 g/mol. The van der Waals surface area contributed by atoms with Crippen LogP contribution in [0.25, 0.3) is 5.52 Å². The number of esters is 1. The second-order valence-electron chi connectivity index (χ2n) is 7.65. The highest BCUT2D eigenvalue weighted by atomic mass is 16.6. The lowest BCUT2D eigenvalue weighted by atomic mass is 9.87. The highest BCUT2D eigenvalue weighted by molar-refractivity contribution is 5.70. The topological polar surface area (TPSA) is 132 Å². The van der Waals surface area contributed by atoms with Crippen LogP contribution in [-0.2, 0) is 14.3 Å². The van der Waals surface area contributed by atoms with Crippen LogP contribution in [0.3, 0.4) is 0 Å². The van der Waals surface area contributed by atoms with Gasteiger partial charge in [-0.2, -0.15) is 5.10 Å². The number of fused-ring (bicyclic) bond motifs is 1. The van der Waals surface area contributed by atoms with Crippen molar-refractivity contribution < 1.29 is 24.5 Å². The molecule has 2 aromatic rings. The van der Waals surface area contributed by atoms with Gasteiger partial charge in [0.2, 0.25) is 0 Å². The molecular formula is C18H26N4O5. The molecule has 1 aliphatic heterocycles. The molecule has 27 heavy (non-hydrogen) atoms. The first-order valence-corrected chi connectivity index (χ1v) is 8.99. The van der Waals surface area contributed by atoms with E-state index >= 15 is 0 Å². The zero-order valence-electron chi connectivity index (χ0n) is 15.7. The quantitative estimate of drug-likeness (QED) is 0.630. The van der Waals surface area contributed by atoms with Gasteiger partial charge in [0.25, 0.3) is 0 Å². The van der Waals surface area contributed by atoms with E-state index < -0.39 is 24.4 Å². The van der Waals surface area contributed by atoms with E-state index in [2.05, 4.69) is 10.1 Å². The Morgan fingerprint density at radius 1 is 1.37 bits per heavy atom. The molecule has 3 rings (SSSR count). The van der Waals surface area contributed by atoms with E-state index in [0.29, 0.717) is 17.0 Å². The number of nitrogens with zero attached hydrogens (tertiary/aromatic N) is 3. The second-order valence-corrected chi connectivity index (χ2v) is 7.65. The number of ether oxygens (including phenoxy) is 2. The molecule has 2 aromatic heterocycles. The Bertz CT molecular complexity index is 821. The lowest BCUT2D eigenvalue weighted by Gasteiger charge is -2.22. The summed E-state index contributed by atoms with van der Waals surface area (Å²) in [4.78, 5) is 15.9. The summed E-state index contributed by atoms with van der Waals surface area (Å²) in [6.07, 6.45) is -1.61. The number of nitrogens with two attached hydrogens (primary N) is 1. The molecule has 0 aliphatic carbocycles. The standard InChI is InChI=1S/C18H26N4O5/c1-4-18(2,3)7-13(23)26-8-12-14(24)15(25)16(27-12)10-5-6-11-17(19)20-9-21-22(10)11/h5-6,9,12,14-16,24-25H,4,7-8H2,1-3H3,(H2,19,20,21)/t12-,14-,15-,16+/m1/s1. The van der Waals surface area contributed by atoms with E-state index in [4.69, 9.17) is 15.2 Å². The lowest BCUT2D eigenvalue weighted by Crippen LogP contribution is -2.34. The SMILES string of the molecule is CCC(C)(C)CC(=O)OC[C@H]1O[C@@H](c2ccc3c(N)ncnn23)[C@H](O)[C@@H]1O. The molecule has 0 spiro atoms. The first kappa shape index (κ1) is 19.5. The van der Waals surface area contributed by atoms with E-state index in [-0.39, 0.29) is 24.4 Å². The van der Waals surface area contributed by atoms with E-state index in [0.717, 1.165) is 6.42 Å². The molecule has 0 unspecified atom stereocenters. The summed E-state index contributed by atoms with van der Waals surface area (Å²) in [5, 5.41) is 24.8. The highest BCUT2D eigenvalue weighted by Crippen LogP contribution is 2.35. The van der Waals surface area contributed by atoms with Crippen molar-refractivity contribution in [3.05, 3.63) is 24.2 Å². The Balaban J connectivity index is 1.69. The fourth-order valence-electron chi connectivity index (χ4n) is 3.06. The van der Waals surface area contributed by atoms with Crippen LogP contribution in [0.1, 0.15) is 45.4 Å². The smallest absolute Gasteiger partial charge is 0.306 e. The molecule has 4 atom stereocenters. The lowest BCUT2D eigenvalue weighted by molar-refractivity contribution is -0.151. The zero-order valence-corrected chi connectivity index (χ0v) is 15.7. The van der Waals surface area contributed by atoms with Gasteiger partial charge in [0.05, 0.1) is 12.1 Å². The summed E-state index contributed by atoms with van der Waals surface area (Å²) in [7, 11) is 0. The molecule has 0 radical (unpaired) electrons. The van der Waals surface area contributed by atoms with Crippen LogP contribution < -0.4 is 5.73 Å². The molecule has 1 aliphatic rings. The minimum Gasteiger partial charge on any atom is -0.463 e. The number of hydrogen-bond donors (Lipinski definition) is 3. The summed E-state index contributed by atoms with van der Waals surface area (Å²) >= 11 is 0. The van der Waals surface area contributed by atoms with Crippen LogP contribution in [-0.4, -0.2) is 55.7 Å². The zero-order chi connectivity index (χ0) is 19.8. The number of aromatic nitrogens is 3. The number of aliphatic hydroxyl groups excluding tert-OH is 2. The first-order chi connectivity index (χ1) is 12.7. The van der Waals surface area contributed by atoms with Crippen molar-refractivity contribution in [2.75, 3.05) is 12.3 Å². The van der Waals surface area contributed by atoms with Gasteiger partial charge in [0, 0.05) is 0 Å². The maximum Gasteiger partial charge on any atom is 0.306 e. The van der Waals surface area contributed by atoms with Crippen molar-refractivity contribution in [1.82, 2.24) is 14.6 Å². The van der Waals surface area contributed by atoms with E-state index in [1.54, 1.807) is 12.1 Å². The van der Waals surface area contributed by atoms with Crippen molar-refractivity contribution in [3.63, 3.8) is 0 Å². The van der Waals surface area contributed by atoms with Crippen LogP contribution in [0, 0.1) is 5.41 Å². The molecule has 1 fully saturated rings. The molecule has 9 heteroatoms. The van der Waals surface area contributed by atoms with E-state index in [1.165, 1.54) is 10.8 Å². The van der Waals surface area contributed by atoms with Crippen LogP contribution in [0.15, 0.2) is 18.5 Å². The molecule has 9 nitrogen and oxygen atoms in total. The average Bonchev–Trinajstić information content (AvgIpc) is 3.16. The number of aliphatic hydroxyl groups is 2. The van der Waals surface area contributed by atoms with Gasteiger partial charge in [-0.3, -0.25) is 4.79 Å². The summed E-state index contributed by atoms with van der Waals surface area (Å²) in [5.41, 5.74) is 6.78. The Kier molecular flexibility index (Phi) is 5.36. The minimum atomic E-state index is -1.19. The van der Waals surface area contributed by atoms with Crippen LogP contribution in [0.4, 0.5) is 5.82 Å². The predicted molar refractivity (Wildman–Crippen MR) is 96.7 cm³/mol. The summed E-state index contributed by atoms with van der Waals surface area (Å²) in [5.74, 6) is -0.0578. The van der Waals surface area contributed by atoms with Crippen molar-refractivity contribution in [2.24, 2.45) is 5.41 Å². The molecule has 4 N–H and O–H groups in total. The van der Waals surface area contributed by atoms with Gasteiger partial charge in [-0.1, -0.05) is 27.2 Å². The normalized spacial score (nSPS) is 25.8. The monoisotopic (exact) mass is 378 g/mol. The Morgan fingerprint density at radius 2 is 2.11 bits per heavy atom. The Labute approximate surface area is 157 Å². The molecule has 1 saturated heterocycles. The third-order valence-corrected chi connectivity index (χ3v) is 5.15. The van der Waals surface area contributed by atoms with Gasteiger partial charge in [0.15, 0.2) is 5.82 Å². The van der Waals surface area contributed by atoms with Crippen molar-refractivity contribution in [2.45, 2.75) is 58.0 Å². The maximum absolute atomic E-state index is 12.0. The van der Waals surface area contributed by atoms with E-state index in [1.807, 2.05) is 20.8 Å². The fraction of sp³-hybridized carbons (Fsp3) is 0.611. The van der Waals surface area contributed by atoms with Gasteiger partial charge in [0.1, 0.15) is 42.9 Å². The Hall–Kier alpha value is -2.23. The molecule has 3 heterocycles. The van der Waals surface area contributed by atoms with Crippen LogP contribution >= 0.6 is 0 Å². The number of rotatable bonds is 6. The largest absolute Gasteiger partial charge is 0.463 e. The van der Waals surface area contributed by atoms with Gasteiger partial charge in [-0.05, 0) is 17.5 Å². The van der Waals surface area contributed by atoms with Gasteiger partial charge >= 0.3 is 5.97 Å². The highest BCUT2D eigenvalue weighted by Gasteiger charge is 2.45. The summed E-state index contributed by atoms with van der Waals surface area (Å²) < 4.78 is 12.6. The number of carbonyl (C=O) groups excluding carboxylic acids is 1. The average molecular weight is 378 g/mol. The minimum absolute atomic E-state index is 0.131. The van der Waals surface area contributed by atoms with Crippen LogP contribution in [0.2, 0.25) is 0 Å². The Morgan fingerprint density at radius 3 is 2.81 bits per heavy atom. The van der Waals surface area contributed by atoms with Crippen LogP contribution in [0.5, 0.6) is 0 Å². The predicted octanol–water partition coefficient (Wildman–Crippen LogP) is 0.843. The summed E-state index contributed by atoms with van der Waals surface area (Å²) in [6.45, 7) is 5.85. The summed E-state index contributed by atoms with van der Waals surface area (Å²) in [6, 6.07) is 3.42. The number of anilines is 1. The van der Waals surface area contributed by atoms with Gasteiger partial charge < -0.3 is 25.4 Å². The number of nitrogen functional groups attached to an aromatic ring is 1. The van der Waals surface area contributed by atoms with Gasteiger partial charge in [-0.15, -0.1) is 0 Å². The molecule has 0 amide bonds. The fourth-order valence-corrected chi connectivity index (χ4v) is 3.06. The molecule has 0 aromatic carbocycles. The van der Waals surface area contributed by atoms with Crippen molar-refractivity contribution >= 4 is 17.3 Å². The third kappa shape index (κ3) is 3.90. The third-order valence-electron chi connectivity index (χ3n) is 5.15. The number of carbonyl (C=O) groups is 1. The van der Waals surface area contributed by atoms with Gasteiger partial charge in [-0.25, -0.2) is 9.50 Å². The molecule has 0 saturated carbocycles. The second kappa shape index (κ2) is 7.41. The molecule has 0 bridgehead atoms. The van der Waals surface area contributed by atoms with Crippen molar-refractivity contribution in [3.8, 4) is 0 Å². The van der Waals surface area contributed by atoms with Crippen molar-refractivity contribution in [1.29, 1.82) is 0 Å². The number of hydrogen-bond acceptors (Lipinski definition) is 8. The first-order valence-electron chi connectivity index (χ1n) is 8.99. The maximum atomic E-state index is 12.0. The molecule has 148 valence electrons.